The summed E-state index contributed by atoms with van der Waals surface area (Å²) < 4.78 is 1.70. The summed E-state index contributed by atoms with van der Waals surface area (Å²) in [6.45, 7) is 2.28. The molecule has 0 fully saturated rings. The normalized spacial score (nSPS) is 10.3. The van der Waals surface area contributed by atoms with Gasteiger partial charge < -0.3 is 5.32 Å². The van der Waals surface area contributed by atoms with Crippen LogP contribution in [0.5, 0.6) is 0 Å². The molecule has 2 rings (SSSR count). The molecule has 0 saturated carbocycles. The number of nitro groups is 1. The molecule has 0 bridgehead atoms. The van der Waals surface area contributed by atoms with Gasteiger partial charge in [0.2, 0.25) is 0 Å². The Labute approximate surface area is 104 Å². The average Bonchev–Trinajstić information content (AvgIpc) is 2.73. The fourth-order valence-corrected chi connectivity index (χ4v) is 1.75. The second-order valence-corrected chi connectivity index (χ2v) is 4.05. The average molecular weight is 246 g/mol. The Kier molecular flexibility index (Phi) is 3.27. The van der Waals surface area contributed by atoms with E-state index < -0.39 is 0 Å². The van der Waals surface area contributed by atoms with E-state index >= 15 is 0 Å². The second kappa shape index (κ2) is 4.87. The number of hydrogen-bond acceptors (Lipinski definition) is 4. The van der Waals surface area contributed by atoms with Crippen molar-refractivity contribution in [1.82, 2.24) is 9.78 Å². The molecule has 1 N–H and O–H groups in total. The summed E-state index contributed by atoms with van der Waals surface area (Å²) in [6.07, 6.45) is 1.84. The molecule has 6 heteroatoms. The fourth-order valence-electron chi connectivity index (χ4n) is 1.75. The maximum atomic E-state index is 10.8. The quantitative estimate of drug-likeness (QED) is 0.663. The van der Waals surface area contributed by atoms with Gasteiger partial charge in [-0.3, -0.25) is 14.8 Å². The Hall–Kier alpha value is -2.37. The molecule has 0 atom stereocenters. The van der Waals surface area contributed by atoms with Gasteiger partial charge in [0.15, 0.2) is 0 Å². The summed E-state index contributed by atoms with van der Waals surface area (Å²) in [5.74, 6) is 0.753. The summed E-state index contributed by atoms with van der Waals surface area (Å²) in [6, 6.07) is 6.94. The highest BCUT2D eigenvalue weighted by Crippen LogP contribution is 2.21. The van der Waals surface area contributed by atoms with Crippen molar-refractivity contribution >= 4 is 11.5 Å². The zero-order chi connectivity index (χ0) is 13.1. The van der Waals surface area contributed by atoms with Crippen LogP contribution in [0.25, 0.3) is 0 Å². The van der Waals surface area contributed by atoms with Gasteiger partial charge in [0.25, 0.3) is 5.69 Å². The molecule has 0 aliphatic rings. The van der Waals surface area contributed by atoms with Crippen LogP contribution in [0.3, 0.4) is 0 Å². The summed E-state index contributed by atoms with van der Waals surface area (Å²) in [4.78, 5) is 10.5. The lowest BCUT2D eigenvalue weighted by atomic mass is 10.1. The van der Waals surface area contributed by atoms with Crippen LogP contribution in [0, 0.1) is 17.0 Å². The summed E-state index contributed by atoms with van der Waals surface area (Å²) in [5.41, 5.74) is 1.73. The fraction of sp³-hybridized carbons (Fsp3) is 0.250. The van der Waals surface area contributed by atoms with Crippen LogP contribution in [-0.2, 0) is 13.6 Å². The Bertz CT molecular complexity index is 577. The minimum absolute atomic E-state index is 0.148. The number of nitro benzene ring substituents is 1. The molecule has 0 saturated heterocycles. The summed E-state index contributed by atoms with van der Waals surface area (Å²) in [7, 11) is 1.84. The molecule has 0 aliphatic heterocycles. The number of aryl methyl sites for hydroxylation is 1. The van der Waals surface area contributed by atoms with E-state index in [4.69, 9.17) is 0 Å². The Morgan fingerprint density at radius 2 is 2.22 bits per heavy atom. The maximum Gasteiger partial charge on any atom is 0.272 e. The first-order valence-electron chi connectivity index (χ1n) is 5.54. The van der Waals surface area contributed by atoms with Crippen LogP contribution in [0.4, 0.5) is 11.5 Å². The van der Waals surface area contributed by atoms with Gasteiger partial charge in [-0.05, 0) is 12.5 Å². The smallest absolute Gasteiger partial charge is 0.272 e. The number of aromatic nitrogens is 2. The van der Waals surface area contributed by atoms with Crippen LogP contribution < -0.4 is 5.32 Å². The van der Waals surface area contributed by atoms with E-state index in [0.29, 0.717) is 12.1 Å². The van der Waals surface area contributed by atoms with E-state index in [0.717, 1.165) is 11.4 Å². The Morgan fingerprint density at radius 1 is 1.44 bits per heavy atom. The van der Waals surface area contributed by atoms with Crippen LogP contribution in [0.2, 0.25) is 0 Å². The second-order valence-electron chi connectivity index (χ2n) is 4.05. The highest BCUT2D eigenvalue weighted by Gasteiger charge is 2.12. The van der Waals surface area contributed by atoms with Gasteiger partial charge >= 0.3 is 0 Å². The third-order valence-corrected chi connectivity index (χ3v) is 2.79. The monoisotopic (exact) mass is 246 g/mol. The zero-order valence-corrected chi connectivity index (χ0v) is 10.3. The molecule has 0 aliphatic carbocycles. The van der Waals surface area contributed by atoms with Gasteiger partial charge in [0, 0.05) is 37.5 Å². The van der Waals surface area contributed by atoms with E-state index in [2.05, 4.69) is 10.4 Å². The van der Waals surface area contributed by atoms with Gasteiger partial charge in [-0.15, -0.1) is 0 Å². The lowest BCUT2D eigenvalue weighted by molar-refractivity contribution is -0.385. The number of hydrogen-bond donors (Lipinski definition) is 1. The first-order valence-corrected chi connectivity index (χ1v) is 5.54. The molecule has 18 heavy (non-hydrogen) atoms. The number of nitrogens with one attached hydrogen (secondary N) is 1. The molecule has 1 aromatic carbocycles. The maximum absolute atomic E-state index is 10.8. The van der Waals surface area contributed by atoms with Crippen molar-refractivity contribution in [2.24, 2.45) is 7.05 Å². The first kappa shape index (κ1) is 12.1. The Balaban J connectivity index is 2.14. The molecule has 0 spiro atoms. The highest BCUT2D eigenvalue weighted by molar-refractivity contribution is 5.46. The minimum atomic E-state index is -0.362. The van der Waals surface area contributed by atoms with Crippen LogP contribution in [-0.4, -0.2) is 14.7 Å². The van der Waals surface area contributed by atoms with Gasteiger partial charge in [0.1, 0.15) is 5.82 Å². The first-order chi connectivity index (χ1) is 8.58. The highest BCUT2D eigenvalue weighted by atomic mass is 16.6. The Morgan fingerprint density at radius 3 is 2.83 bits per heavy atom. The minimum Gasteiger partial charge on any atom is -0.365 e. The summed E-state index contributed by atoms with van der Waals surface area (Å²) in [5, 5.41) is 18.1. The topological polar surface area (TPSA) is 73.0 Å². The third kappa shape index (κ3) is 2.48. The van der Waals surface area contributed by atoms with E-state index in [1.54, 1.807) is 17.7 Å². The van der Waals surface area contributed by atoms with Gasteiger partial charge in [-0.1, -0.05) is 12.1 Å². The van der Waals surface area contributed by atoms with Crippen LogP contribution >= 0.6 is 0 Å². The lowest BCUT2D eigenvalue weighted by Crippen LogP contribution is -2.04. The number of nitrogens with zero attached hydrogens (tertiary/aromatic N) is 3. The summed E-state index contributed by atoms with van der Waals surface area (Å²) >= 11 is 0. The SMILES string of the molecule is Cc1c(CNc2ccn(C)n2)cccc1[N+](=O)[O-]. The molecule has 2 aromatic rings. The predicted molar refractivity (Wildman–Crippen MR) is 68.4 cm³/mol. The largest absolute Gasteiger partial charge is 0.365 e. The van der Waals surface area contributed by atoms with E-state index in [1.165, 1.54) is 6.07 Å². The zero-order valence-electron chi connectivity index (χ0n) is 10.3. The molecular formula is C12H14N4O2. The molecule has 0 amide bonds. The van der Waals surface area contributed by atoms with Crippen molar-refractivity contribution in [3.05, 3.63) is 51.7 Å². The van der Waals surface area contributed by atoms with E-state index in [9.17, 15) is 10.1 Å². The number of anilines is 1. The molecule has 0 radical (unpaired) electrons. The number of rotatable bonds is 4. The predicted octanol–water partition coefficient (Wildman–Crippen LogP) is 2.25. The van der Waals surface area contributed by atoms with Gasteiger partial charge in [0.05, 0.1) is 4.92 Å². The number of benzene rings is 1. The molecule has 1 heterocycles. The molecular weight excluding hydrogens is 232 g/mol. The van der Waals surface area contributed by atoms with Crippen molar-refractivity contribution in [3.63, 3.8) is 0 Å². The van der Waals surface area contributed by atoms with E-state index in [1.807, 2.05) is 25.4 Å². The molecule has 1 aromatic heterocycles. The standard InChI is InChI=1S/C12H14N4O2/c1-9-10(4-3-5-11(9)16(17)18)8-13-12-6-7-15(2)14-12/h3-7H,8H2,1-2H3,(H,13,14). The van der Waals surface area contributed by atoms with E-state index in [-0.39, 0.29) is 10.6 Å². The van der Waals surface area contributed by atoms with Crippen molar-refractivity contribution in [2.75, 3.05) is 5.32 Å². The lowest BCUT2D eigenvalue weighted by Gasteiger charge is -2.07. The van der Waals surface area contributed by atoms with Gasteiger partial charge in [-0.25, -0.2) is 0 Å². The third-order valence-electron chi connectivity index (χ3n) is 2.79. The molecule has 6 nitrogen and oxygen atoms in total. The van der Waals surface area contributed by atoms with Crippen LogP contribution in [0.1, 0.15) is 11.1 Å². The van der Waals surface area contributed by atoms with Gasteiger partial charge in [-0.2, -0.15) is 5.10 Å². The van der Waals surface area contributed by atoms with Crippen LogP contribution in [0.15, 0.2) is 30.5 Å². The molecule has 0 unspecified atom stereocenters. The molecule has 94 valence electrons. The van der Waals surface area contributed by atoms with Crippen molar-refractivity contribution in [3.8, 4) is 0 Å². The van der Waals surface area contributed by atoms with Crippen molar-refractivity contribution in [1.29, 1.82) is 0 Å². The van der Waals surface area contributed by atoms with Crippen molar-refractivity contribution < 1.29 is 4.92 Å². The van der Waals surface area contributed by atoms with Crippen molar-refractivity contribution in [2.45, 2.75) is 13.5 Å².